The van der Waals surface area contributed by atoms with Crippen LogP contribution in [0.3, 0.4) is 0 Å². The second kappa shape index (κ2) is 5.29. The van der Waals surface area contributed by atoms with Crippen molar-refractivity contribution in [3.05, 3.63) is 47.2 Å². The number of hydrogen-bond donors (Lipinski definition) is 2. The van der Waals surface area contributed by atoms with Crippen LogP contribution >= 0.6 is 0 Å². The number of carbonyl (C=O) groups is 1. The summed E-state index contributed by atoms with van der Waals surface area (Å²) in [6, 6.07) is 8.86. The highest BCUT2D eigenvalue weighted by molar-refractivity contribution is 6.81. The van der Waals surface area contributed by atoms with Crippen molar-refractivity contribution in [1.82, 2.24) is 0 Å². The Labute approximate surface area is 102 Å². The zero-order chi connectivity index (χ0) is 13.1. The van der Waals surface area contributed by atoms with Crippen LogP contribution in [0, 0.1) is 0 Å². The largest absolute Gasteiger partial charge is 0.478 e. The first-order chi connectivity index (χ1) is 7.81. The lowest BCUT2D eigenvalue weighted by Crippen LogP contribution is -2.22. The average molecular weight is 250 g/mol. The number of hydrogen-bond acceptors (Lipinski definition) is 2. The Morgan fingerprint density at radius 2 is 1.76 bits per heavy atom. The van der Waals surface area contributed by atoms with Crippen LogP contribution < -0.4 is 0 Å². The summed E-state index contributed by atoms with van der Waals surface area (Å²) in [5.41, 5.74) is 2.42. The Hall–Kier alpha value is -1.39. The van der Waals surface area contributed by atoms with Crippen LogP contribution in [0.4, 0.5) is 0 Å². The summed E-state index contributed by atoms with van der Waals surface area (Å²) in [4.78, 5) is 11.2. The molecule has 0 heterocycles. The van der Waals surface area contributed by atoms with Gasteiger partial charge in [-0.25, -0.2) is 4.79 Å². The molecule has 1 rings (SSSR count). The molecule has 0 bridgehead atoms. The predicted octanol–water partition coefficient (Wildman–Crippen LogP) is 2.61. The lowest BCUT2D eigenvalue weighted by atomic mass is 10.0. The molecule has 0 unspecified atom stereocenters. The van der Waals surface area contributed by atoms with Gasteiger partial charge in [0.1, 0.15) is 6.10 Å². The molecular weight excluding hydrogens is 232 g/mol. The van der Waals surface area contributed by atoms with E-state index in [1.807, 2.05) is 25.7 Å². The fourth-order valence-corrected chi connectivity index (χ4v) is 2.75. The number of aliphatic carboxylic acids is 1. The summed E-state index contributed by atoms with van der Waals surface area (Å²) in [5, 5.41) is 19.2. The minimum Gasteiger partial charge on any atom is -0.478 e. The number of carboxylic acids is 1. The van der Waals surface area contributed by atoms with Gasteiger partial charge >= 0.3 is 5.97 Å². The van der Waals surface area contributed by atoms with E-state index >= 15 is 0 Å². The van der Waals surface area contributed by atoms with Crippen molar-refractivity contribution < 1.29 is 15.0 Å². The highest BCUT2D eigenvalue weighted by Gasteiger charge is 2.23. The second-order valence-corrected chi connectivity index (χ2v) is 10.1. The van der Waals surface area contributed by atoms with Gasteiger partial charge < -0.3 is 10.2 Å². The smallest absolute Gasteiger partial charge is 0.333 e. The van der Waals surface area contributed by atoms with Crippen LogP contribution in [-0.2, 0) is 4.79 Å². The SMILES string of the molecule is C[Si](C)(C)/C=C(\C(=O)O)[C@@H](O)c1ccccc1. The molecule has 0 saturated heterocycles. The minimum atomic E-state index is -1.68. The van der Waals surface area contributed by atoms with Crippen LogP contribution in [0.15, 0.2) is 41.6 Å². The fraction of sp³-hybridized carbons (Fsp3) is 0.308. The summed E-state index contributed by atoms with van der Waals surface area (Å²) in [7, 11) is -1.68. The van der Waals surface area contributed by atoms with Gasteiger partial charge in [-0.3, -0.25) is 0 Å². The Kier molecular flexibility index (Phi) is 4.26. The van der Waals surface area contributed by atoms with Gasteiger partial charge in [-0.2, -0.15) is 0 Å². The number of benzene rings is 1. The summed E-state index contributed by atoms with van der Waals surface area (Å²) in [6.45, 7) is 6.11. The quantitative estimate of drug-likeness (QED) is 0.638. The lowest BCUT2D eigenvalue weighted by molar-refractivity contribution is -0.133. The van der Waals surface area contributed by atoms with Gasteiger partial charge in [0, 0.05) is 0 Å². The summed E-state index contributed by atoms with van der Waals surface area (Å²) in [5.74, 6) is -1.05. The number of rotatable bonds is 4. The topological polar surface area (TPSA) is 57.5 Å². The Bertz CT molecular complexity index is 418. The van der Waals surface area contributed by atoms with Crippen molar-refractivity contribution in [1.29, 1.82) is 0 Å². The van der Waals surface area contributed by atoms with E-state index in [4.69, 9.17) is 5.11 Å². The minimum absolute atomic E-state index is 0.0790. The maximum Gasteiger partial charge on any atom is 0.333 e. The van der Waals surface area contributed by atoms with Crippen LogP contribution in [0.5, 0.6) is 0 Å². The lowest BCUT2D eigenvalue weighted by Gasteiger charge is -2.16. The molecule has 0 aromatic heterocycles. The van der Waals surface area contributed by atoms with E-state index in [1.165, 1.54) is 0 Å². The van der Waals surface area contributed by atoms with Crippen molar-refractivity contribution in [2.45, 2.75) is 25.7 Å². The molecule has 92 valence electrons. The molecule has 17 heavy (non-hydrogen) atoms. The first-order valence-corrected chi connectivity index (χ1v) is 9.08. The van der Waals surface area contributed by atoms with Crippen molar-refractivity contribution in [2.24, 2.45) is 0 Å². The van der Waals surface area contributed by atoms with E-state index in [2.05, 4.69) is 0 Å². The van der Waals surface area contributed by atoms with E-state index in [0.717, 1.165) is 0 Å². The Balaban J connectivity index is 3.10. The van der Waals surface area contributed by atoms with Crippen molar-refractivity contribution in [3.8, 4) is 0 Å². The van der Waals surface area contributed by atoms with Gasteiger partial charge in [-0.1, -0.05) is 55.7 Å². The molecule has 3 nitrogen and oxygen atoms in total. The zero-order valence-electron chi connectivity index (χ0n) is 10.3. The van der Waals surface area contributed by atoms with E-state index in [0.29, 0.717) is 5.56 Å². The molecule has 0 radical (unpaired) electrons. The maximum atomic E-state index is 11.2. The Morgan fingerprint density at radius 1 is 1.24 bits per heavy atom. The maximum absolute atomic E-state index is 11.2. The van der Waals surface area contributed by atoms with Gasteiger partial charge in [0.2, 0.25) is 0 Å². The van der Waals surface area contributed by atoms with Gasteiger partial charge in [-0.05, 0) is 5.56 Å². The monoisotopic (exact) mass is 250 g/mol. The molecule has 0 saturated carbocycles. The molecule has 4 heteroatoms. The number of aliphatic hydroxyl groups is 1. The highest BCUT2D eigenvalue weighted by Crippen LogP contribution is 2.23. The second-order valence-electron chi connectivity index (χ2n) is 5.08. The summed E-state index contributed by atoms with van der Waals surface area (Å²) in [6.07, 6.45) is -1.06. The van der Waals surface area contributed by atoms with E-state index < -0.39 is 20.1 Å². The third-order valence-electron chi connectivity index (χ3n) is 2.25. The van der Waals surface area contributed by atoms with E-state index in [9.17, 15) is 9.90 Å². The van der Waals surface area contributed by atoms with Crippen LogP contribution in [0.2, 0.25) is 19.6 Å². The fourth-order valence-electron chi connectivity index (χ4n) is 1.54. The van der Waals surface area contributed by atoms with Gasteiger partial charge in [-0.15, -0.1) is 0 Å². The third kappa shape index (κ3) is 4.17. The molecule has 0 amide bonds. The normalized spacial score (nSPS) is 14.5. The van der Waals surface area contributed by atoms with E-state index in [1.54, 1.807) is 30.0 Å². The zero-order valence-corrected chi connectivity index (χ0v) is 11.3. The standard InChI is InChI=1S/C13H18O3Si/c1-17(2,3)9-11(13(15)16)12(14)10-7-5-4-6-8-10/h4-9,12,14H,1-3H3,(H,15,16)/b11-9-/t12-/m0/s1. The molecule has 1 aromatic rings. The molecule has 2 N–H and O–H groups in total. The number of carboxylic acid groups (broad SMARTS) is 1. The van der Waals surface area contributed by atoms with Gasteiger partial charge in [0.05, 0.1) is 13.6 Å². The summed E-state index contributed by atoms with van der Waals surface area (Å²) < 4.78 is 0. The molecule has 0 aliphatic rings. The molecule has 1 atom stereocenters. The average Bonchev–Trinajstić information content (AvgIpc) is 2.25. The van der Waals surface area contributed by atoms with Crippen molar-refractivity contribution in [3.63, 3.8) is 0 Å². The first-order valence-electron chi connectivity index (χ1n) is 5.50. The molecular formula is C13H18O3Si. The van der Waals surface area contributed by atoms with Crippen LogP contribution in [-0.4, -0.2) is 24.3 Å². The van der Waals surface area contributed by atoms with Crippen molar-refractivity contribution >= 4 is 14.0 Å². The molecule has 0 aliphatic heterocycles. The van der Waals surface area contributed by atoms with Crippen LogP contribution in [0.1, 0.15) is 11.7 Å². The van der Waals surface area contributed by atoms with E-state index in [-0.39, 0.29) is 5.57 Å². The molecule has 0 spiro atoms. The first kappa shape index (κ1) is 13.7. The number of aliphatic hydroxyl groups excluding tert-OH is 1. The van der Waals surface area contributed by atoms with Gasteiger partial charge in [0.15, 0.2) is 0 Å². The Morgan fingerprint density at radius 3 is 2.18 bits per heavy atom. The predicted molar refractivity (Wildman–Crippen MR) is 70.5 cm³/mol. The van der Waals surface area contributed by atoms with Crippen LogP contribution in [0.25, 0.3) is 0 Å². The van der Waals surface area contributed by atoms with Gasteiger partial charge in [0.25, 0.3) is 0 Å². The molecule has 1 aromatic carbocycles. The van der Waals surface area contributed by atoms with Crippen molar-refractivity contribution in [2.75, 3.05) is 0 Å². The molecule has 0 aliphatic carbocycles. The third-order valence-corrected chi connectivity index (χ3v) is 3.42. The summed E-state index contributed by atoms with van der Waals surface area (Å²) >= 11 is 0. The highest BCUT2D eigenvalue weighted by atomic mass is 28.3. The molecule has 0 fully saturated rings.